The number of nitrogens with one attached hydrogen (secondary N) is 1. The van der Waals surface area contributed by atoms with Gasteiger partial charge in [0.05, 0.1) is 16.2 Å². The number of hydrogen-bond acceptors (Lipinski definition) is 6. The van der Waals surface area contributed by atoms with Crippen molar-refractivity contribution in [3.8, 4) is 17.4 Å². The van der Waals surface area contributed by atoms with Gasteiger partial charge in [-0.2, -0.15) is 5.26 Å². The predicted octanol–water partition coefficient (Wildman–Crippen LogP) is 4.41. The molecule has 0 radical (unpaired) electrons. The van der Waals surface area contributed by atoms with Crippen LogP contribution < -0.4 is 5.32 Å². The Labute approximate surface area is 176 Å². The number of amides is 1. The van der Waals surface area contributed by atoms with Crippen LogP contribution in [0.25, 0.3) is 17.4 Å². The van der Waals surface area contributed by atoms with Crippen LogP contribution in [0.4, 0.5) is 11.4 Å². The number of nitriles is 1. The van der Waals surface area contributed by atoms with E-state index in [2.05, 4.69) is 5.32 Å². The molecule has 1 heterocycles. The number of non-ortho nitro benzene ring substituents is 1. The van der Waals surface area contributed by atoms with Gasteiger partial charge in [0.15, 0.2) is 0 Å². The van der Waals surface area contributed by atoms with Gasteiger partial charge in [-0.05, 0) is 36.8 Å². The molecule has 0 saturated carbocycles. The fourth-order valence-corrected chi connectivity index (χ4v) is 2.70. The lowest BCUT2D eigenvalue weighted by Crippen LogP contribution is -2.14. The monoisotopic (exact) mass is 417 g/mol. The van der Waals surface area contributed by atoms with Crippen molar-refractivity contribution in [3.05, 3.63) is 87.2 Å². The predicted molar refractivity (Wildman–Crippen MR) is 111 cm³/mol. The number of aromatic carboxylic acids is 1. The Morgan fingerprint density at radius 3 is 2.48 bits per heavy atom. The summed E-state index contributed by atoms with van der Waals surface area (Å²) in [7, 11) is 0. The zero-order valence-electron chi connectivity index (χ0n) is 16.2. The average molecular weight is 417 g/mol. The first kappa shape index (κ1) is 21.0. The van der Waals surface area contributed by atoms with Crippen molar-refractivity contribution in [2.24, 2.45) is 0 Å². The SMILES string of the molecule is Cc1ccc([N+](=O)[O-])cc1NC(=O)C(C#N)=Cc1ccc(-c2ccc(C(=O)O)cc2)o1. The van der Waals surface area contributed by atoms with Crippen molar-refractivity contribution < 1.29 is 24.0 Å². The molecule has 1 amide bonds. The molecule has 2 N–H and O–H groups in total. The summed E-state index contributed by atoms with van der Waals surface area (Å²) in [5.41, 5.74) is 1.14. The molecule has 0 aliphatic rings. The molecule has 0 atom stereocenters. The average Bonchev–Trinajstić information content (AvgIpc) is 3.22. The van der Waals surface area contributed by atoms with Crippen LogP contribution in [-0.4, -0.2) is 21.9 Å². The van der Waals surface area contributed by atoms with Gasteiger partial charge in [-0.15, -0.1) is 0 Å². The molecule has 0 aliphatic heterocycles. The van der Waals surface area contributed by atoms with E-state index in [1.807, 2.05) is 0 Å². The quantitative estimate of drug-likeness (QED) is 0.261. The van der Waals surface area contributed by atoms with Crippen molar-refractivity contribution in [2.45, 2.75) is 6.92 Å². The number of aryl methyl sites for hydroxylation is 1. The van der Waals surface area contributed by atoms with Crippen molar-refractivity contribution in [1.82, 2.24) is 0 Å². The maximum atomic E-state index is 12.5. The van der Waals surface area contributed by atoms with Crippen LogP contribution >= 0.6 is 0 Å². The number of nitro benzene ring substituents is 1. The number of carboxylic acid groups (broad SMARTS) is 1. The molecule has 154 valence electrons. The largest absolute Gasteiger partial charge is 0.478 e. The van der Waals surface area contributed by atoms with Crippen LogP contribution in [0.15, 0.2) is 64.6 Å². The molecule has 0 saturated heterocycles. The number of rotatable bonds is 6. The molecule has 1 aromatic heterocycles. The van der Waals surface area contributed by atoms with Gasteiger partial charge in [0.25, 0.3) is 11.6 Å². The fourth-order valence-electron chi connectivity index (χ4n) is 2.70. The normalized spacial score (nSPS) is 10.9. The second-order valence-electron chi connectivity index (χ2n) is 6.46. The first-order valence-corrected chi connectivity index (χ1v) is 8.90. The number of furan rings is 1. The van der Waals surface area contributed by atoms with Crippen LogP contribution in [0.1, 0.15) is 21.7 Å². The van der Waals surface area contributed by atoms with Crippen LogP contribution in [0.3, 0.4) is 0 Å². The van der Waals surface area contributed by atoms with E-state index in [4.69, 9.17) is 9.52 Å². The Morgan fingerprint density at radius 1 is 1.16 bits per heavy atom. The van der Waals surface area contributed by atoms with E-state index in [1.165, 1.54) is 36.4 Å². The number of nitrogens with zero attached hydrogens (tertiary/aromatic N) is 2. The van der Waals surface area contributed by atoms with Crippen LogP contribution in [-0.2, 0) is 4.79 Å². The van der Waals surface area contributed by atoms with E-state index in [0.717, 1.165) is 0 Å². The lowest BCUT2D eigenvalue weighted by molar-refractivity contribution is -0.384. The topological polar surface area (TPSA) is 146 Å². The summed E-state index contributed by atoms with van der Waals surface area (Å²) in [4.78, 5) is 33.8. The lowest BCUT2D eigenvalue weighted by atomic mass is 10.1. The molecular formula is C22H15N3O6. The van der Waals surface area contributed by atoms with E-state index < -0.39 is 16.8 Å². The van der Waals surface area contributed by atoms with Crippen molar-refractivity contribution in [3.63, 3.8) is 0 Å². The first-order valence-electron chi connectivity index (χ1n) is 8.90. The number of anilines is 1. The molecule has 0 aliphatic carbocycles. The highest BCUT2D eigenvalue weighted by Gasteiger charge is 2.15. The number of carbonyl (C=O) groups is 2. The molecule has 9 nitrogen and oxygen atoms in total. The van der Waals surface area contributed by atoms with Gasteiger partial charge in [-0.25, -0.2) is 4.79 Å². The molecule has 0 spiro atoms. The third kappa shape index (κ3) is 4.83. The highest BCUT2D eigenvalue weighted by atomic mass is 16.6. The second-order valence-corrected chi connectivity index (χ2v) is 6.46. The van der Waals surface area contributed by atoms with E-state index >= 15 is 0 Å². The molecule has 3 aromatic rings. The van der Waals surface area contributed by atoms with Gasteiger partial charge in [-0.1, -0.05) is 18.2 Å². The number of carbonyl (C=O) groups excluding carboxylic acids is 1. The lowest BCUT2D eigenvalue weighted by Gasteiger charge is -2.07. The molecule has 0 unspecified atom stereocenters. The minimum Gasteiger partial charge on any atom is -0.478 e. The minimum absolute atomic E-state index is 0.135. The summed E-state index contributed by atoms with van der Waals surface area (Å²) >= 11 is 0. The van der Waals surface area contributed by atoms with Crippen LogP contribution in [0, 0.1) is 28.4 Å². The Bertz CT molecular complexity index is 1250. The second kappa shape index (κ2) is 8.75. The van der Waals surface area contributed by atoms with E-state index in [9.17, 15) is 25.0 Å². The van der Waals surface area contributed by atoms with E-state index in [1.54, 1.807) is 37.3 Å². The summed E-state index contributed by atoms with van der Waals surface area (Å²) < 4.78 is 5.63. The zero-order chi connectivity index (χ0) is 22.5. The summed E-state index contributed by atoms with van der Waals surface area (Å²) in [6.07, 6.45) is 1.25. The summed E-state index contributed by atoms with van der Waals surface area (Å²) in [6.45, 7) is 1.67. The van der Waals surface area contributed by atoms with Crippen molar-refractivity contribution >= 4 is 29.3 Å². The van der Waals surface area contributed by atoms with Gasteiger partial charge < -0.3 is 14.8 Å². The Hall–Kier alpha value is -4.71. The van der Waals surface area contributed by atoms with E-state index in [-0.39, 0.29) is 28.3 Å². The number of carboxylic acids is 1. The molecular weight excluding hydrogens is 402 g/mol. The summed E-state index contributed by atoms with van der Waals surface area (Å²) in [5.74, 6) is -1.12. The van der Waals surface area contributed by atoms with Gasteiger partial charge in [0.2, 0.25) is 0 Å². The smallest absolute Gasteiger partial charge is 0.335 e. The first-order chi connectivity index (χ1) is 14.8. The Morgan fingerprint density at radius 2 is 1.87 bits per heavy atom. The molecule has 2 aromatic carbocycles. The number of hydrogen-bond donors (Lipinski definition) is 2. The van der Waals surface area contributed by atoms with Gasteiger partial charge >= 0.3 is 5.97 Å². The highest BCUT2D eigenvalue weighted by Crippen LogP contribution is 2.25. The third-order valence-corrected chi connectivity index (χ3v) is 4.37. The van der Waals surface area contributed by atoms with E-state index in [0.29, 0.717) is 16.9 Å². The molecule has 31 heavy (non-hydrogen) atoms. The number of benzene rings is 2. The number of nitro groups is 1. The Kier molecular flexibility index (Phi) is 5.93. The van der Waals surface area contributed by atoms with Gasteiger partial charge in [0, 0.05) is 23.8 Å². The standard InChI is InChI=1S/C22H15N3O6/c1-13-2-7-17(25(29)30)11-19(13)24-21(26)16(12-23)10-18-8-9-20(31-18)14-3-5-15(6-4-14)22(27)28/h2-11H,1H3,(H,24,26)(H,27,28). The highest BCUT2D eigenvalue weighted by molar-refractivity contribution is 6.09. The molecule has 9 heteroatoms. The van der Waals surface area contributed by atoms with Gasteiger partial charge in [0.1, 0.15) is 23.2 Å². The molecule has 3 rings (SSSR count). The van der Waals surface area contributed by atoms with Crippen LogP contribution in [0.5, 0.6) is 0 Å². The van der Waals surface area contributed by atoms with Crippen molar-refractivity contribution in [1.29, 1.82) is 5.26 Å². The third-order valence-electron chi connectivity index (χ3n) is 4.37. The van der Waals surface area contributed by atoms with Crippen molar-refractivity contribution in [2.75, 3.05) is 5.32 Å². The maximum Gasteiger partial charge on any atom is 0.335 e. The van der Waals surface area contributed by atoms with Crippen LogP contribution in [0.2, 0.25) is 0 Å². The van der Waals surface area contributed by atoms with Gasteiger partial charge in [-0.3, -0.25) is 14.9 Å². The summed E-state index contributed by atoms with van der Waals surface area (Å²) in [6, 6.07) is 15.0. The zero-order valence-corrected chi connectivity index (χ0v) is 16.2. The Balaban J connectivity index is 1.81. The fraction of sp³-hybridized carbons (Fsp3) is 0.0455. The molecule has 0 bridgehead atoms. The minimum atomic E-state index is -1.04. The maximum absolute atomic E-state index is 12.5. The summed E-state index contributed by atoms with van der Waals surface area (Å²) in [5, 5.41) is 31.8. The molecule has 0 fully saturated rings.